The van der Waals surface area contributed by atoms with Crippen LogP contribution in [-0.2, 0) is 11.1 Å². The van der Waals surface area contributed by atoms with E-state index < -0.39 is 47.1 Å². The summed E-state index contributed by atoms with van der Waals surface area (Å²) in [6, 6.07) is 9.14. The number of nitrogens with zero attached hydrogens (tertiary/aromatic N) is 2. The second-order valence-electron chi connectivity index (χ2n) is 10.5. The first-order valence-corrected chi connectivity index (χ1v) is 13.7. The number of hydrogen-bond donors (Lipinski definition) is 4. The summed E-state index contributed by atoms with van der Waals surface area (Å²) in [7, 11) is 1.43. The highest BCUT2D eigenvalue weighted by atomic mass is 32.1. The fraction of sp³-hybridized carbons (Fsp3) is 0.321. The number of pyridine rings is 1. The summed E-state index contributed by atoms with van der Waals surface area (Å²) in [6.07, 6.45) is -3.78. The summed E-state index contributed by atoms with van der Waals surface area (Å²) in [5.74, 6) is -1.38. The molecular weight excluding hydrogens is 578 g/mol. The number of amides is 1. The first kappa shape index (κ1) is 28.1. The number of thiazole rings is 1. The Morgan fingerprint density at radius 3 is 2.57 bits per heavy atom. The molecule has 0 saturated heterocycles. The Balaban J connectivity index is 1.40. The highest BCUT2D eigenvalue weighted by Crippen LogP contribution is 2.52. The Morgan fingerprint density at radius 2 is 1.93 bits per heavy atom. The topological polar surface area (TPSA) is 146 Å². The van der Waals surface area contributed by atoms with Gasteiger partial charge in [-0.3, -0.25) is 4.79 Å². The summed E-state index contributed by atoms with van der Waals surface area (Å²) in [6.45, 7) is -1.25. The molecular formula is C28H25F4N5O4S. The first-order chi connectivity index (χ1) is 19.8. The average Bonchev–Trinajstić information content (AvgIpc) is 3.66. The molecule has 220 valence electrons. The second-order valence-corrected chi connectivity index (χ2v) is 11.5. The van der Waals surface area contributed by atoms with Gasteiger partial charge in [0.05, 0.1) is 24.0 Å². The van der Waals surface area contributed by atoms with Gasteiger partial charge in [0, 0.05) is 16.7 Å². The summed E-state index contributed by atoms with van der Waals surface area (Å²) in [4.78, 5) is 22.0. The molecule has 1 saturated carbocycles. The van der Waals surface area contributed by atoms with Crippen molar-refractivity contribution in [3.05, 3.63) is 65.1 Å². The lowest BCUT2D eigenvalue weighted by atomic mass is 9.86. The van der Waals surface area contributed by atoms with Crippen LogP contribution in [0, 0.1) is 11.7 Å². The zero-order valence-electron chi connectivity index (χ0n) is 22.1. The maximum Gasteiger partial charge on any atom is 0.414 e. The predicted molar refractivity (Wildman–Crippen MR) is 147 cm³/mol. The fourth-order valence-electron chi connectivity index (χ4n) is 5.16. The van der Waals surface area contributed by atoms with Crippen molar-refractivity contribution in [1.82, 2.24) is 15.3 Å². The molecule has 2 atom stereocenters. The maximum atomic E-state index is 14.2. The van der Waals surface area contributed by atoms with E-state index in [1.54, 1.807) is 6.07 Å². The number of nitrogens with two attached hydrogens (primary N) is 2. The number of aliphatic hydroxyl groups is 1. The molecule has 3 heterocycles. The Bertz CT molecular complexity index is 1710. The van der Waals surface area contributed by atoms with Crippen LogP contribution in [-0.4, -0.2) is 47.4 Å². The van der Waals surface area contributed by atoms with Gasteiger partial charge >= 0.3 is 6.18 Å². The van der Waals surface area contributed by atoms with E-state index in [-0.39, 0.29) is 34.8 Å². The Kier molecular flexibility index (Phi) is 6.55. The van der Waals surface area contributed by atoms with Crippen molar-refractivity contribution in [2.24, 2.45) is 11.7 Å². The molecule has 1 aliphatic heterocycles. The molecule has 1 unspecified atom stereocenters. The van der Waals surface area contributed by atoms with Gasteiger partial charge in [0.1, 0.15) is 35.0 Å². The summed E-state index contributed by atoms with van der Waals surface area (Å²) >= 11 is 1.17. The zero-order chi connectivity index (χ0) is 30.0. The number of hydrogen-bond acceptors (Lipinski definition) is 9. The van der Waals surface area contributed by atoms with Crippen LogP contribution in [0.2, 0.25) is 0 Å². The number of halogens is 4. The Hall–Kier alpha value is -4.01. The van der Waals surface area contributed by atoms with Crippen molar-refractivity contribution in [2.45, 2.75) is 30.2 Å². The molecule has 2 aromatic carbocycles. The number of fused-ring (bicyclic) bond motifs is 2. The highest BCUT2D eigenvalue weighted by Gasteiger charge is 2.59. The van der Waals surface area contributed by atoms with E-state index in [2.05, 4.69) is 15.3 Å². The third-order valence-corrected chi connectivity index (χ3v) is 8.53. The highest BCUT2D eigenvalue weighted by molar-refractivity contribution is 7.22. The average molecular weight is 604 g/mol. The van der Waals surface area contributed by atoms with E-state index in [1.165, 1.54) is 36.6 Å². The molecule has 42 heavy (non-hydrogen) atoms. The first-order valence-electron chi connectivity index (χ1n) is 12.9. The SMILES string of the molecule is COc1cc(C(=O)NCC(O)(c2cc3c(c(-c4ccc(F)cc4)n2)OC[C@@]3(N)C(F)(F)F)C2CC2)cc2sc(N)nc12. The quantitative estimate of drug-likeness (QED) is 0.230. The van der Waals surface area contributed by atoms with Crippen LogP contribution in [0.4, 0.5) is 22.7 Å². The van der Waals surface area contributed by atoms with E-state index in [0.717, 1.165) is 18.2 Å². The third-order valence-electron chi connectivity index (χ3n) is 7.69. The zero-order valence-corrected chi connectivity index (χ0v) is 22.9. The van der Waals surface area contributed by atoms with E-state index in [0.29, 0.717) is 33.9 Å². The number of carbonyl (C=O) groups is 1. The third kappa shape index (κ3) is 4.59. The van der Waals surface area contributed by atoms with Gasteiger partial charge in [0.2, 0.25) is 0 Å². The monoisotopic (exact) mass is 603 g/mol. The van der Waals surface area contributed by atoms with Crippen molar-refractivity contribution in [3.8, 4) is 22.8 Å². The maximum absolute atomic E-state index is 14.2. The van der Waals surface area contributed by atoms with Crippen LogP contribution in [0.3, 0.4) is 0 Å². The van der Waals surface area contributed by atoms with E-state index in [4.69, 9.17) is 20.9 Å². The van der Waals surface area contributed by atoms with E-state index in [9.17, 15) is 27.5 Å². The molecule has 2 aliphatic rings. The van der Waals surface area contributed by atoms with Gasteiger partial charge in [-0.2, -0.15) is 13.2 Å². The summed E-state index contributed by atoms with van der Waals surface area (Å²) in [5, 5.41) is 15.0. The van der Waals surface area contributed by atoms with E-state index in [1.807, 2.05) is 0 Å². The smallest absolute Gasteiger partial charge is 0.414 e. The number of anilines is 1. The van der Waals surface area contributed by atoms with Gasteiger partial charge < -0.3 is 31.4 Å². The largest absolute Gasteiger partial charge is 0.494 e. The normalized spacial score (nSPS) is 19.7. The lowest BCUT2D eigenvalue weighted by Gasteiger charge is -2.31. The van der Waals surface area contributed by atoms with Crippen LogP contribution >= 0.6 is 11.3 Å². The minimum Gasteiger partial charge on any atom is -0.494 e. The minimum absolute atomic E-state index is 0.0255. The molecule has 1 fully saturated rings. The van der Waals surface area contributed by atoms with Crippen LogP contribution in [0.25, 0.3) is 21.5 Å². The molecule has 14 heteroatoms. The van der Waals surface area contributed by atoms with Gasteiger partial charge in [-0.15, -0.1) is 0 Å². The molecule has 0 radical (unpaired) electrons. The minimum atomic E-state index is -4.89. The van der Waals surface area contributed by atoms with Gasteiger partial charge in [0.15, 0.2) is 16.4 Å². The van der Waals surface area contributed by atoms with Gasteiger partial charge in [-0.25, -0.2) is 14.4 Å². The predicted octanol–water partition coefficient (Wildman–Crippen LogP) is 4.22. The number of alkyl halides is 3. The lowest BCUT2D eigenvalue weighted by Crippen LogP contribution is -2.52. The van der Waals surface area contributed by atoms with Crippen molar-refractivity contribution in [3.63, 3.8) is 0 Å². The lowest BCUT2D eigenvalue weighted by molar-refractivity contribution is -0.191. The van der Waals surface area contributed by atoms with Gasteiger partial charge in [-0.1, -0.05) is 11.3 Å². The number of nitrogen functional groups attached to an aromatic ring is 1. The summed E-state index contributed by atoms with van der Waals surface area (Å²) < 4.78 is 67.7. The molecule has 1 amide bonds. The number of methoxy groups -OCH3 is 1. The van der Waals surface area contributed by atoms with Crippen LogP contribution in [0.15, 0.2) is 42.5 Å². The summed E-state index contributed by atoms with van der Waals surface area (Å²) in [5.41, 5.74) is 7.41. The van der Waals surface area contributed by atoms with Crippen LogP contribution < -0.4 is 26.3 Å². The number of carbonyl (C=O) groups excluding carboxylic acids is 1. The molecule has 6 N–H and O–H groups in total. The molecule has 9 nitrogen and oxygen atoms in total. The standard InChI is InChI=1S/C28H25F4N5O4S/c1-40-18-8-14(9-19-22(18)37-25(33)42-19)24(38)35-11-26(39,15-4-5-15)20-10-17-23(41-12-27(17,34)28(30,31)32)21(36-20)13-2-6-16(29)7-3-13/h2-3,6-10,15,39H,4-5,11-12,34H2,1H3,(H2,33,37)(H,35,38)/t26?,27-/m0/s1. The number of aromatic nitrogens is 2. The molecule has 1 aliphatic carbocycles. The van der Waals surface area contributed by atoms with Gasteiger partial charge in [-0.05, 0) is 61.2 Å². The van der Waals surface area contributed by atoms with Crippen LogP contribution in [0.5, 0.6) is 11.5 Å². The molecule has 0 spiro atoms. The van der Waals surface area contributed by atoms with Gasteiger partial charge in [0.25, 0.3) is 5.91 Å². The van der Waals surface area contributed by atoms with Crippen molar-refractivity contribution < 1.29 is 36.9 Å². The number of rotatable bonds is 7. The van der Waals surface area contributed by atoms with E-state index >= 15 is 0 Å². The van der Waals surface area contributed by atoms with Crippen LogP contribution in [0.1, 0.15) is 34.5 Å². The molecule has 0 bridgehead atoms. The molecule has 6 rings (SSSR count). The Labute approximate surface area is 240 Å². The number of nitrogens with one attached hydrogen (secondary N) is 1. The Morgan fingerprint density at radius 1 is 1.21 bits per heavy atom. The van der Waals surface area contributed by atoms with Crippen molar-refractivity contribution >= 4 is 32.6 Å². The number of benzene rings is 2. The molecule has 4 aromatic rings. The second kappa shape index (κ2) is 9.78. The molecule has 2 aromatic heterocycles. The van der Waals surface area contributed by atoms with Crippen molar-refractivity contribution in [1.29, 1.82) is 0 Å². The number of ether oxygens (including phenoxy) is 2. The van der Waals surface area contributed by atoms with Crippen molar-refractivity contribution in [2.75, 3.05) is 26.0 Å². The fourth-order valence-corrected chi connectivity index (χ4v) is 5.95.